The lowest BCUT2D eigenvalue weighted by atomic mass is 10.1. The van der Waals surface area contributed by atoms with E-state index in [9.17, 15) is 57.5 Å². The van der Waals surface area contributed by atoms with Gasteiger partial charge >= 0.3 is 60.2 Å². The van der Waals surface area contributed by atoms with Crippen LogP contribution in [-0.4, -0.2) is 167 Å². The Labute approximate surface area is 646 Å². The van der Waals surface area contributed by atoms with Crippen LogP contribution < -0.4 is 50.8 Å². The van der Waals surface area contributed by atoms with E-state index in [1.807, 2.05) is 0 Å². The Morgan fingerprint density at radius 2 is 0.604 bits per heavy atom. The van der Waals surface area contributed by atoms with Crippen molar-refractivity contribution in [2.45, 2.75) is 236 Å². The lowest BCUT2D eigenvalue weighted by molar-refractivity contribution is -0.164. The molecule has 608 valence electrons. The molecule has 0 aliphatic rings. The van der Waals surface area contributed by atoms with E-state index in [-0.39, 0.29) is 95.0 Å². The predicted molar refractivity (Wildman–Crippen MR) is 404 cm³/mol. The second kappa shape index (κ2) is 38.8. The number of carbonyl (C=O) groups is 12. The van der Waals surface area contributed by atoms with Gasteiger partial charge in [-0.1, -0.05) is 0 Å². The highest BCUT2D eigenvalue weighted by atomic mass is 16.6. The Bertz CT molecular complexity index is 3730. The van der Waals surface area contributed by atoms with Crippen LogP contribution in [0, 0.1) is 0 Å². The summed E-state index contributed by atoms with van der Waals surface area (Å²) in [7, 11) is 0. The van der Waals surface area contributed by atoms with Crippen molar-refractivity contribution in [3.05, 3.63) is 107 Å². The van der Waals surface area contributed by atoms with E-state index < -0.39 is 142 Å². The van der Waals surface area contributed by atoms with Gasteiger partial charge in [-0.2, -0.15) is 0 Å². The van der Waals surface area contributed by atoms with Gasteiger partial charge in [0.1, 0.15) is 93.1 Å². The van der Waals surface area contributed by atoms with Crippen LogP contribution in [0.3, 0.4) is 0 Å². The summed E-state index contributed by atoms with van der Waals surface area (Å²) >= 11 is 0. The average molecular weight is 1560 g/mol. The van der Waals surface area contributed by atoms with Crippen LogP contribution in [0.1, 0.15) is 220 Å². The number of alkyl carbamates (subject to hydrolysis) is 4. The molecule has 0 aliphatic heterocycles. The molecule has 33 heteroatoms. The number of hydrogen-bond acceptors (Lipinski definition) is 27. The number of hydrogen-bond donors (Lipinski definition) is 6. The van der Waals surface area contributed by atoms with Crippen molar-refractivity contribution in [3.63, 3.8) is 0 Å². The van der Waals surface area contributed by atoms with Crippen molar-refractivity contribution in [2.24, 2.45) is 9.98 Å². The van der Waals surface area contributed by atoms with Crippen LogP contribution in [0.4, 0.5) is 30.6 Å². The number of aliphatic imine (C=N–C) groups is 2. The number of carbonyl (C=O) groups excluding carboxylic acids is 12. The van der Waals surface area contributed by atoms with Crippen LogP contribution in [0.2, 0.25) is 0 Å². The molecule has 0 saturated heterocycles. The van der Waals surface area contributed by atoms with Crippen molar-refractivity contribution in [1.29, 1.82) is 0 Å². The molecule has 0 saturated carbocycles. The van der Waals surface area contributed by atoms with Crippen LogP contribution in [0.15, 0.2) is 94.9 Å². The molecule has 2 atom stereocenters. The van der Waals surface area contributed by atoms with E-state index in [2.05, 4.69) is 41.9 Å². The standard InChI is InChI=1S/C78H106N8O25/c1-71(2,3)104-57(87)43-53(63(93)106-73(7,8)9)81-59(89)51-35-33-49(102-61(91)45-25-29-47(30-26-45)79-65(83-67(95)108-75(13,14)15)84-68(96)109-76(16,17)18)41-55(51)100-39-37-99-38-40-101-56-42-50(34-36-52(56)60(90)82-54(64(94)107-74(10,11)12)44-58(88)105-72(4,5)6)103-62(92)46-27-31-48(32-28-46)80-66(85-69(97)110-77(19,20)21)86-70(98)111-78(22,23)24/h25-36,41-42,53-54H,37-40,43-44H2,1-24H3,(H,81,89)(H,82,90)(H2,79,83,84,95,96)(H2,80,85,86,97,98)/t53-,54-/m1/s1. The van der Waals surface area contributed by atoms with Gasteiger partial charge in [0.05, 0.1) is 59.7 Å². The number of guanidine groups is 2. The summed E-state index contributed by atoms with van der Waals surface area (Å²) in [5, 5.41) is 14.6. The number of esters is 6. The van der Waals surface area contributed by atoms with E-state index in [1.54, 1.807) is 166 Å². The zero-order valence-corrected chi connectivity index (χ0v) is 67.6. The largest absolute Gasteiger partial charge is 0.490 e. The molecule has 0 unspecified atom stereocenters. The van der Waals surface area contributed by atoms with Crippen LogP contribution in [0.5, 0.6) is 23.0 Å². The van der Waals surface area contributed by atoms with Gasteiger partial charge in [0.25, 0.3) is 11.8 Å². The van der Waals surface area contributed by atoms with E-state index in [0.717, 1.165) is 0 Å². The van der Waals surface area contributed by atoms with Gasteiger partial charge in [-0.15, -0.1) is 0 Å². The van der Waals surface area contributed by atoms with Crippen molar-refractivity contribution < 1.29 is 119 Å². The third-order valence-corrected chi connectivity index (χ3v) is 12.5. The molecule has 0 fully saturated rings. The first-order valence-corrected chi connectivity index (χ1v) is 35.3. The normalized spacial score (nSPS) is 12.4. The fourth-order valence-corrected chi connectivity index (χ4v) is 8.68. The fraction of sp³-hybridized carbons (Fsp3) is 0.513. The van der Waals surface area contributed by atoms with E-state index >= 15 is 0 Å². The predicted octanol–water partition coefficient (Wildman–Crippen LogP) is 12.0. The number of nitrogens with zero attached hydrogens (tertiary/aromatic N) is 2. The fourth-order valence-electron chi connectivity index (χ4n) is 8.68. The van der Waals surface area contributed by atoms with Gasteiger partial charge in [-0.05, 0) is 239 Å². The summed E-state index contributed by atoms with van der Waals surface area (Å²) in [4.78, 5) is 169. The molecule has 111 heavy (non-hydrogen) atoms. The number of amides is 6. The smallest absolute Gasteiger partial charge is 0.414 e. The minimum Gasteiger partial charge on any atom is -0.490 e. The third kappa shape index (κ3) is 37.5. The van der Waals surface area contributed by atoms with Crippen molar-refractivity contribution in [1.82, 2.24) is 31.9 Å². The van der Waals surface area contributed by atoms with Crippen LogP contribution in [-0.2, 0) is 61.8 Å². The van der Waals surface area contributed by atoms with Gasteiger partial charge in [0.15, 0.2) is 0 Å². The minimum atomic E-state index is -1.58. The Morgan fingerprint density at radius 3 is 0.865 bits per heavy atom. The molecule has 0 radical (unpaired) electrons. The Kier molecular flexibility index (Phi) is 32.2. The number of ether oxygens (including phenoxy) is 13. The molecular formula is C78H106N8O25. The van der Waals surface area contributed by atoms with E-state index in [1.165, 1.54) is 84.9 Å². The molecule has 6 N–H and O–H groups in total. The summed E-state index contributed by atoms with van der Waals surface area (Å²) < 4.78 is 73.0. The van der Waals surface area contributed by atoms with Crippen molar-refractivity contribution in [2.75, 3.05) is 26.4 Å². The van der Waals surface area contributed by atoms with Gasteiger partial charge in [-0.3, -0.25) is 40.4 Å². The molecule has 0 aromatic heterocycles. The second-order valence-electron chi connectivity index (χ2n) is 32.6. The van der Waals surface area contributed by atoms with Gasteiger partial charge in [-0.25, -0.2) is 48.3 Å². The van der Waals surface area contributed by atoms with E-state index in [4.69, 9.17) is 61.6 Å². The SMILES string of the molecule is CC(C)(C)OC(=O)C[C@@H](NC(=O)c1ccc(OC(=O)c2ccc(N=C(NC(=O)OC(C)(C)C)NC(=O)OC(C)(C)C)cc2)cc1OCCOCCOc1cc(OC(=O)c2ccc(N=C(NC(=O)OC(C)(C)C)NC(=O)OC(C)(C)C)cc2)ccc1C(=O)N[C@H](CC(=O)OC(C)(C)C)C(=O)OC(C)(C)C)C(=O)OC(C)(C)C. The third-order valence-electron chi connectivity index (χ3n) is 12.5. The zero-order valence-electron chi connectivity index (χ0n) is 67.6. The molecule has 0 aliphatic carbocycles. The number of benzene rings is 4. The van der Waals surface area contributed by atoms with Gasteiger partial charge in [0, 0.05) is 12.1 Å². The quantitative estimate of drug-likeness (QED) is 0.00947. The molecule has 33 nitrogen and oxygen atoms in total. The Hall–Kier alpha value is -11.4. The molecule has 0 heterocycles. The summed E-state index contributed by atoms with van der Waals surface area (Å²) in [6.07, 6.45) is -5.05. The molecule has 0 bridgehead atoms. The molecule has 6 amide bonds. The van der Waals surface area contributed by atoms with Crippen LogP contribution >= 0.6 is 0 Å². The minimum absolute atomic E-state index is 0.0173. The zero-order chi connectivity index (χ0) is 84.0. The number of rotatable bonds is 24. The lowest BCUT2D eigenvalue weighted by Gasteiger charge is -2.26. The maximum atomic E-state index is 14.3. The number of nitrogens with one attached hydrogen (secondary N) is 6. The van der Waals surface area contributed by atoms with Gasteiger partial charge < -0.3 is 72.2 Å². The Balaban J connectivity index is 1.69. The molecule has 4 aromatic carbocycles. The first-order chi connectivity index (χ1) is 50.8. The first-order valence-electron chi connectivity index (χ1n) is 35.3. The summed E-state index contributed by atoms with van der Waals surface area (Å²) in [6.45, 7) is 37.8. The second-order valence-corrected chi connectivity index (χ2v) is 32.6. The highest BCUT2D eigenvalue weighted by Crippen LogP contribution is 2.30. The maximum Gasteiger partial charge on any atom is 0.414 e. The molecule has 4 rings (SSSR count). The summed E-state index contributed by atoms with van der Waals surface area (Å²) in [6, 6.07) is 15.1. The topological polar surface area (TPSA) is 422 Å². The molecule has 0 spiro atoms. The monoisotopic (exact) mass is 1550 g/mol. The summed E-state index contributed by atoms with van der Waals surface area (Å²) in [5.74, 6) is -8.78. The lowest BCUT2D eigenvalue weighted by Crippen LogP contribution is -2.47. The highest BCUT2D eigenvalue weighted by molar-refractivity contribution is 6.05. The Morgan fingerprint density at radius 1 is 0.333 bits per heavy atom. The summed E-state index contributed by atoms with van der Waals surface area (Å²) in [5.41, 5.74) is -7.89. The molecular weight excluding hydrogens is 1450 g/mol. The maximum absolute atomic E-state index is 14.3. The first kappa shape index (κ1) is 92.0. The van der Waals surface area contributed by atoms with Gasteiger partial charge in [0.2, 0.25) is 11.9 Å². The highest BCUT2D eigenvalue weighted by Gasteiger charge is 2.35. The average Bonchev–Trinajstić information content (AvgIpc) is 0.829. The van der Waals surface area contributed by atoms with Crippen LogP contribution in [0.25, 0.3) is 0 Å². The molecule has 4 aromatic rings. The van der Waals surface area contributed by atoms with Crippen molar-refractivity contribution >= 4 is 95.3 Å². The van der Waals surface area contributed by atoms with Crippen molar-refractivity contribution in [3.8, 4) is 23.0 Å². The van der Waals surface area contributed by atoms with E-state index in [0.29, 0.717) is 0 Å².